The summed E-state index contributed by atoms with van der Waals surface area (Å²) in [6.45, 7) is 2.99. The fourth-order valence-corrected chi connectivity index (χ4v) is 4.08. The van der Waals surface area contributed by atoms with Crippen LogP contribution in [0.4, 0.5) is 17.3 Å². The predicted molar refractivity (Wildman–Crippen MR) is 143 cm³/mol. The average Bonchev–Trinajstić information content (AvgIpc) is 2.97. The van der Waals surface area contributed by atoms with E-state index in [0.717, 1.165) is 11.5 Å². The minimum Gasteiger partial charge on any atom is -0.507 e. The topological polar surface area (TPSA) is 146 Å². The molecule has 0 bridgehead atoms. The Morgan fingerprint density at radius 2 is 1.76 bits per heavy atom. The Morgan fingerprint density at radius 1 is 1.00 bits per heavy atom. The average molecular weight is 508 g/mol. The first-order chi connectivity index (χ1) is 18.6. The zero-order chi connectivity index (χ0) is 26.3. The molecule has 1 saturated heterocycles. The zero-order valence-electron chi connectivity index (χ0n) is 20.4. The lowest BCUT2D eigenvalue weighted by molar-refractivity contribution is 0.0958. The molecule has 4 heterocycles. The van der Waals surface area contributed by atoms with E-state index in [2.05, 4.69) is 52.1 Å². The van der Waals surface area contributed by atoms with Crippen LogP contribution >= 0.6 is 0 Å². The van der Waals surface area contributed by atoms with Crippen LogP contribution < -0.4 is 20.9 Å². The second-order valence-electron chi connectivity index (χ2n) is 8.45. The first kappa shape index (κ1) is 24.5. The second kappa shape index (κ2) is 11.2. The molecule has 0 spiro atoms. The number of nitrogens with zero attached hydrogens (tertiary/aromatic N) is 7. The Bertz CT molecular complexity index is 1490. The van der Waals surface area contributed by atoms with Crippen LogP contribution in [0.15, 0.2) is 67.1 Å². The van der Waals surface area contributed by atoms with Crippen LogP contribution in [0, 0.1) is 11.8 Å². The van der Waals surface area contributed by atoms with E-state index in [1.165, 1.54) is 0 Å². The lowest BCUT2D eigenvalue weighted by Gasteiger charge is -2.36. The third kappa shape index (κ3) is 5.60. The van der Waals surface area contributed by atoms with Gasteiger partial charge in [0.1, 0.15) is 11.6 Å². The number of phenols is 1. The Morgan fingerprint density at radius 3 is 2.55 bits per heavy atom. The highest BCUT2D eigenvalue weighted by Crippen LogP contribution is 2.31. The van der Waals surface area contributed by atoms with Gasteiger partial charge in [-0.1, -0.05) is 18.1 Å². The molecule has 11 heteroatoms. The molecule has 1 amide bonds. The molecule has 0 unspecified atom stereocenters. The molecule has 5 rings (SSSR count). The molecule has 1 aliphatic rings. The van der Waals surface area contributed by atoms with Crippen LogP contribution in [0.1, 0.15) is 16.2 Å². The molecule has 0 atom stereocenters. The van der Waals surface area contributed by atoms with Crippen molar-refractivity contribution in [2.75, 3.05) is 48.3 Å². The van der Waals surface area contributed by atoms with E-state index in [0.29, 0.717) is 54.6 Å². The molecular weight excluding hydrogens is 482 g/mol. The summed E-state index contributed by atoms with van der Waals surface area (Å²) in [6, 6.07) is 14.0. The number of rotatable bonds is 5. The van der Waals surface area contributed by atoms with Gasteiger partial charge in [0.15, 0.2) is 5.82 Å². The molecule has 0 aliphatic carbocycles. The van der Waals surface area contributed by atoms with Crippen molar-refractivity contribution in [2.24, 2.45) is 0 Å². The summed E-state index contributed by atoms with van der Waals surface area (Å²) in [4.78, 5) is 29.1. The number of nitrogens with one attached hydrogen (secondary N) is 1. The standard InChI is InChI=1S/C27H25N9O2/c28-26-22(18-21(33-34-26)20-4-1-2-5-23(20)37)35-14-16-36(17-15-35)25-9-13-30-24(32-25)6-3-10-31-27(38)19-7-11-29-12-8-19/h1-2,4-5,7-9,11-13,18,37H,10,14-17H2,(H2,28,34)(H,31,38). The van der Waals surface area contributed by atoms with Gasteiger partial charge in [-0.3, -0.25) is 9.78 Å². The van der Waals surface area contributed by atoms with Crippen LogP contribution in [0.25, 0.3) is 11.3 Å². The van der Waals surface area contributed by atoms with E-state index in [4.69, 9.17) is 5.73 Å². The Kier molecular flexibility index (Phi) is 7.22. The first-order valence-corrected chi connectivity index (χ1v) is 12.0. The maximum absolute atomic E-state index is 12.1. The van der Waals surface area contributed by atoms with Gasteiger partial charge in [0.25, 0.3) is 5.91 Å². The van der Waals surface area contributed by atoms with E-state index in [1.54, 1.807) is 48.9 Å². The number of piperazine rings is 1. The smallest absolute Gasteiger partial charge is 0.252 e. The van der Waals surface area contributed by atoms with Gasteiger partial charge in [0.05, 0.1) is 17.9 Å². The van der Waals surface area contributed by atoms with Crippen molar-refractivity contribution in [1.82, 2.24) is 30.5 Å². The van der Waals surface area contributed by atoms with E-state index >= 15 is 0 Å². The van der Waals surface area contributed by atoms with Crippen LogP contribution in [0.5, 0.6) is 5.75 Å². The van der Waals surface area contributed by atoms with Crippen molar-refractivity contribution in [3.05, 3.63) is 78.5 Å². The van der Waals surface area contributed by atoms with Gasteiger partial charge in [-0.05, 0) is 42.3 Å². The molecule has 4 aromatic rings. The van der Waals surface area contributed by atoms with E-state index in [1.807, 2.05) is 18.2 Å². The van der Waals surface area contributed by atoms with Crippen molar-refractivity contribution >= 4 is 23.2 Å². The SMILES string of the molecule is Nc1nnc(-c2ccccc2O)cc1N1CCN(c2ccnc(C#CCNC(=O)c3ccncc3)n2)CC1. The summed E-state index contributed by atoms with van der Waals surface area (Å²) in [7, 11) is 0. The van der Waals surface area contributed by atoms with Crippen LogP contribution in [0.2, 0.25) is 0 Å². The molecule has 3 aromatic heterocycles. The van der Waals surface area contributed by atoms with Crippen molar-refractivity contribution in [3.8, 4) is 28.8 Å². The molecule has 1 aliphatic heterocycles. The molecular formula is C27H25N9O2. The van der Waals surface area contributed by atoms with Gasteiger partial charge in [0.2, 0.25) is 5.82 Å². The number of carbonyl (C=O) groups is 1. The van der Waals surface area contributed by atoms with E-state index in [9.17, 15) is 9.90 Å². The van der Waals surface area contributed by atoms with Crippen LogP contribution in [-0.2, 0) is 0 Å². The van der Waals surface area contributed by atoms with Crippen molar-refractivity contribution in [3.63, 3.8) is 0 Å². The minimum atomic E-state index is -0.216. The predicted octanol–water partition coefficient (Wildman–Crippen LogP) is 1.72. The number of hydrogen-bond acceptors (Lipinski definition) is 10. The maximum Gasteiger partial charge on any atom is 0.252 e. The summed E-state index contributed by atoms with van der Waals surface area (Å²) in [5, 5.41) is 21.2. The number of hydrogen-bond donors (Lipinski definition) is 3. The molecule has 1 fully saturated rings. The number of phenolic OH excluding ortho intramolecular Hbond substituents is 1. The number of para-hydroxylation sites is 1. The van der Waals surface area contributed by atoms with Gasteiger partial charge in [-0.15, -0.1) is 10.2 Å². The number of nitrogens with two attached hydrogens (primary N) is 1. The lowest BCUT2D eigenvalue weighted by Crippen LogP contribution is -2.47. The highest BCUT2D eigenvalue weighted by atomic mass is 16.3. The van der Waals surface area contributed by atoms with Crippen molar-refractivity contribution in [1.29, 1.82) is 0 Å². The number of amides is 1. The van der Waals surface area contributed by atoms with Crippen molar-refractivity contribution < 1.29 is 9.90 Å². The lowest BCUT2D eigenvalue weighted by atomic mass is 10.1. The normalized spacial score (nSPS) is 12.9. The molecule has 1 aromatic carbocycles. The highest BCUT2D eigenvalue weighted by molar-refractivity contribution is 5.94. The fourth-order valence-electron chi connectivity index (χ4n) is 4.08. The van der Waals surface area contributed by atoms with Crippen LogP contribution in [0.3, 0.4) is 0 Å². The molecule has 190 valence electrons. The number of benzene rings is 1. The number of aromatic nitrogens is 5. The Balaban J connectivity index is 1.20. The highest BCUT2D eigenvalue weighted by Gasteiger charge is 2.22. The molecule has 0 radical (unpaired) electrons. The third-order valence-corrected chi connectivity index (χ3v) is 6.05. The van der Waals surface area contributed by atoms with E-state index in [-0.39, 0.29) is 18.2 Å². The Labute approximate surface area is 219 Å². The number of anilines is 3. The zero-order valence-corrected chi connectivity index (χ0v) is 20.4. The summed E-state index contributed by atoms with van der Waals surface area (Å²) < 4.78 is 0. The molecule has 0 saturated carbocycles. The van der Waals surface area contributed by atoms with Crippen LogP contribution in [-0.4, -0.2) is 68.9 Å². The minimum absolute atomic E-state index is 0.140. The summed E-state index contributed by atoms with van der Waals surface area (Å²) in [5.41, 5.74) is 8.62. The van der Waals surface area contributed by atoms with E-state index < -0.39 is 0 Å². The molecule has 38 heavy (non-hydrogen) atoms. The number of nitrogen functional groups attached to an aromatic ring is 1. The number of carbonyl (C=O) groups excluding carboxylic acids is 1. The van der Waals surface area contributed by atoms with Gasteiger partial charge in [0, 0.05) is 55.9 Å². The number of aromatic hydroxyl groups is 1. The quantitative estimate of drug-likeness (QED) is 0.341. The second-order valence-corrected chi connectivity index (χ2v) is 8.45. The fraction of sp³-hybridized carbons (Fsp3) is 0.185. The van der Waals surface area contributed by atoms with Gasteiger partial charge < -0.3 is 26.0 Å². The van der Waals surface area contributed by atoms with Gasteiger partial charge in [-0.2, -0.15) is 0 Å². The largest absolute Gasteiger partial charge is 0.507 e. The third-order valence-electron chi connectivity index (χ3n) is 6.05. The summed E-state index contributed by atoms with van der Waals surface area (Å²) >= 11 is 0. The monoisotopic (exact) mass is 507 g/mol. The number of pyridine rings is 1. The van der Waals surface area contributed by atoms with Gasteiger partial charge in [-0.25, -0.2) is 9.97 Å². The summed E-state index contributed by atoms with van der Waals surface area (Å²) in [6.07, 6.45) is 4.81. The Hall–Kier alpha value is -5.24. The first-order valence-electron chi connectivity index (χ1n) is 12.0. The summed E-state index contributed by atoms with van der Waals surface area (Å²) in [5.74, 6) is 7.24. The van der Waals surface area contributed by atoms with Gasteiger partial charge >= 0.3 is 0 Å². The molecule has 11 nitrogen and oxygen atoms in total. The maximum atomic E-state index is 12.1. The molecule has 4 N–H and O–H groups in total. The van der Waals surface area contributed by atoms with Crippen molar-refractivity contribution in [2.45, 2.75) is 0 Å².